The van der Waals surface area contributed by atoms with Crippen LogP contribution in [0.2, 0.25) is 0 Å². The molecule has 0 aliphatic carbocycles. The summed E-state index contributed by atoms with van der Waals surface area (Å²) < 4.78 is 5.96. The Hall–Kier alpha value is -2.93. The number of likely N-dealkylation sites (tertiary alicyclic amines) is 1. The number of rotatable bonds is 4. The smallest absolute Gasteiger partial charge is 0.270 e. The fraction of sp³-hybridized carbons (Fsp3) is 0.409. The van der Waals surface area contributed by atoms with Gasteiger partial charge in [-0.1, -0.05) is 0 Å². The molecule has 4 rings (SSSR count). The molecule has 2 aliphatic heterocycles. The van der Waals surface area contributed by atoms with E-state index in [4.69, 9.17) is 4.74 Å². The summed E-state index contributed by atoms with van der Waals surface area (Å²) >= 11 is 0. The van der Waals surface area contributed by atoms with E-state index < -0.39 is 0 Å². The Labute approximate surface area is 170 Å². The van der Waals surface area contributed by atoms with Crippen LogP contribution in [0.3, 0.4) is 0 Å². The molecule has 1 aromatic carbocycles. The van der Waals surface area contributed by atoms with Crippen molar-refractivity contribution in [1.82, 2.24) is 15.2 Å². The molecule has 7 heteroatoms. The van der Waals surface area contributed by atoms with Gasteiger partial charge in [0.15, 0.2) is 0 Å². The first kappa shape index (κ1) is 19.4. The molecule has 1 N–H and O–H groups in total. The molecule has 1 aromatic heterocycles. The summed E-state index contributed by atoms with van der Waals surface area (Å²) in [6.45, 7) is 4.25. The summed E-state index contributed by atoms with van der Waals surface area (Å²) in [4.78, 5) is 32.5. The minimum Gasteiger partial charge on any atom is -0.457 e. The van der Waals surface area contributed by atoms with E-state index in [0.717, 1.165) is 43.6 Å². The molecule has 0 unspecified atom stereocenters. The van der Waals surface area contributed by atoms with Crippen molar-refractivity contribution in [3.8, 4) is 11.5 Å². The Bertz CT molecular complexity index is 922. The third kappa shape index (κ3) is 4.40. The first-order valence-corrected chi connectivity index (χ1v) is 10.0. The standard InChI is InChI=1S/C22H26N4O3/c1-15(27)26-12-6-16-13-18(3-4-21(16)26)29-19-5-9-23-20(14-19)22(28)24-17-7-10-25(2)11-8-17/h3-5,9,13-14,17H,6-8,10-12H2,1-2H3,(H,24,28). The maximum Gasteiger partial charge on any atom is 0.270 e. The zero-order chi connectivity index (χ0) is 20.4. The van der Waals surface area contributed by atoms with Crippen molar-refractivity contribution in [2.24, 2.45) is 0 Å². The number of pyridine rings is 1. The van der Waals surface area contributed by atoms with Crippen LogP contribution < -0.4 is 15.0 Å². The highest BCUT2D eigenvalue weighted by Crippen LogP contribution is 2.33. The number of anilines is 1. The number of fused-ring (bicyclic) bond motifs is 1. The van der Waals surface area contributed by atoms with Crippen LogP contribution in [0.5, 0.6) is 11.5 Å². The van der Waals surface area contributed by atoms with Gasteiger partial charge >= 0.3 is 0 Å². The van der Waals surface area contributed by atoms with Gasteiger partial charge in [0.25, 0.3) is 5.91 Å². The molecule has 1 saturated heterocycles. The third-order valence-electron chi connectivity index (χ3n) is 5.58. The lowest BCUT2D eigenvalue weighted by Gasteiger charge is -2.29. The monoisotopic (exact) mass is 394 g/mol. The number of aromatic nitrogens is 1. The Morgan fingerprint density at radius 1 is 1.10 bits per heavy atom. The number of nitrogens with one attached hydrogen (secondary N) is 1. The third-order valence-corrected chi connectivity index (χ3v) is 5.58. The zero-order valence-electron chi connectivity index (χ0n) is 16.9. The number of ether oxygens (including phenoxy) is 1. The van der Waals surface area contributed by atoms with Gasteiger partial charge in [-0.05, 0) is 69.2 Å². The summed E-state index contributed by atoms with van der Waals surface area (Å²) in [5.41, 5.74) is 2.38. The van der Waals surface area contributed by atoms with E-state index in [0.29, 0.717) is 23.7 Å². The molecule has 0 radical (unpaired) electrons. The SMILES string of the molecule is CC(=O)N1CCc2cc(Oc3ccnc(C(=O)NC4CCN(C)CC4)c3)ccc21. The molecule has 2 aromatic rings. The highest BCUT2D eigenvalue weighted by Gasteiger charge is 2.23. The van der Waals surface area contributed by atoms with Gasteiger partial charge in [-0.15, -0.1) is 0 Å². The lowest BCUT2D eigenvalue weighted by Crippen LogP contribution is -2.43. The van der Waals surface area contributed by atoms with Crippen LogP contribution in [0, 0.1) is 0 Å². The lowest BCUT2D eigenvalue weighted by molar-refractivity contribution is -0.116. The molecule has 0 bridgehead atoms. The fourth-order valence-electron chi connectivity index (χ4n) is 3.92. The number of carbonyl (C=O) groups is 2. The summed E-state index contributed by atoms with van der Waals surface area (Å²) in [6.07, 6.45) is 4.30. The highest BCUT2D eigenvalue weighted by molar-refractivity contribution is 5.94. The predicted molar refractivity (Wildman–Crippen MR) is 110 cm³/mol. The predicted octanol–water partition coefficient (Wildman–Crippen LogP) is 2.61. The van der Waals surface area contributed by atoms with Gasteiger partial charge in [0, 0.05) is 37.5 Å². The topological polar surface area (TPSA) is 74.8 Å². The molecule has 0 atom stereocenters. The van der Waals surface area contributed by atoms with Crippen molar-refractivity contribution in [2.45, 2.75) is 32.2 Å². The Morgan fingerprint density at radius 3 is 2.62 bits per heavy atom. The molecule has 1 fully saturated rings. The van der Waals surface area contributed by atoms with Crippen LogP contribution in [-0.2, 0) is 11.2 Å². The number of piperidine rings is 1. The zero-order valence-corrected chi connectivity index (χ0v) is 16.9. The summed E-state index contributed by atoms with van der Waals surface area (Å²) in [7, 11) is 2.09. The maximum atomic E-state index is 12.6. The van der Waals surface area contributed by atoms with Crippen molar-refractivity contribution in [3.63, 3.8) is 0 Å². The summed E-state index contributed by atoms with van der Waals surface area (Å²) in [5, 5.41) is 3.08. The summed E-state index contributed by atoms with van der Waals surface area (Å²) in [5.74, 6) is 1.12. The number of benzene rings is 1. The molecule has 2 aliphatic rings. The van der Waals surface area contributed by atoms with Crippen LogP contribution in [0.1, 0.15) is 35.8 Å². The molecule has 2 amide bonds. The minimum atomic E-state index is -0.170. The van der Waals surface area contributed by atoms with Gasteiger partial charge in [-0.3, -0.25) is 14.6 Å². The van der Waals surface area contributed by atoms with Crippen LogP contribution in [0.15, 0.2) is 36.5 Å². The molecule has 7 nitrogen and oxygen atoms in total. The number of carbonyl (C=O) groups excluding carboxylic acids is 2. The second-order valence-corrected chi connectivity index (χ2v) is 7.74. The number of hydrogen-bond acceptors (Lipinski definition) is 5. The first-order valence-electron chi connectivity index (χ1n) is 10.0. The van der Waals surface area contributed by atoms with Crippen molar-refractivity contribution < 1.29 is 14.3 Å². The van der Waals surface area contributed by atoms with Gasteiger partial charge in [-0.2, -0.15) is 0 Å². The Kier molecular flexibility index (Phi) is 5.49. The number of amides is 2. The van der Waals surface area contributed by atoms with Crippen LogP contribution in [0.4, 0.5) is 5.69 Å². The Morgan fingerprint density at radius 2 is 1.86 bits per heavy atom. The fourth-order valence-corrected chi connectivity index (χ4v) is 3.92. The molecule has 0 saturated carbocycles. The van der Waals surface area contributed by atoms with E-state index in [2.05, 4.69) is 22.2 Å². The van der Waals surface area contributed by atoms with E-state index >= 15 is 0 Å². The van der Waals surface area contributed by atoms with Crippen molar-refractivity contribution >= 4 is 17.5 Å². The molecule has 152 valence electrons. The molecule has 0 spiro atoms. The van der Waals surface area contributed by atoms with Crippen molar-refractivity contribution in [3.05, 3.63) is 47.8 Å². The number of hydrogen-bond donors (Lipinski definition) is 1. The van der Waals surface area contributed by atoms with E-state index in [1.165, 1.54) is 0 Å². The lowest BCUT2D eigenvalue weighted by atomic mass is 10.1. The number of nitrogens with zero attached hydrogens (tertiary/aromatic N) is 3. The molecule has 29 heavy (non-hydrogen) atoms. The second-order valence-electron chi connectivity index (χ2n) is 7.74. The minimum absolute atomic E-state index is 0.0480. The van der Waals surface area contributed by atoms with Gasteiger partial charge < -0.3 is 19.9 Å². The quantitative estimate of drug-likeness (QED) is 0.863. The second kappa shape index (κ2) is 8.21. The van der Waals surface area contributed by atoms with Crippen molar-refractivity contribution in [1.29, 1.82) is 0 Å². The molecular weight excluding hydrogens is 368 g/mol. The van der Waals surface area contributed by atoms with E-state index in [-0.39, 0.29) is 17.9 Å². The van der Waals surface area contributed by atoms with Gasteiger partial charge in [0.1, 0.15) is 17.2 Å². The Balaban J connectivity index is 1.43. The highest BCUT2D eigenvalue weighted by atomic mass is 16.5. The summed E-state index contributed by atoms with van der Waals surface area (Å²) in [6, 6.07) is 9.30. The van der Waals surface area contributed by atoms with Gasteiger partial charge in [-0.25, -0.2) is 0 Å². The van der Waals surface area contributed by atoms with Crippen LogP contribution in [0.25, 0.3) is 0 Å². The average Bonchev–Trinajstić information content (AvgIpc) is 3.13. The first-order chi connectivity index (χ1) is 14.0. The van der Waals surface area contributed by atoms with E-state index in [9.17, 15) is 9.59 Å². The molecule has 3 heterocycles. The van der Waals surface area contributed by atoms with Crippen LogP contribution in [-0.4, -0.2) is 54.4 Å². The molecular formula is C22H26N4O3. The van der Waals surface area contributed by atoms with E-state index in [1.807, 2.05) is 18.2 Å². The maximum absolute atomic E-state index is 12.6. The van der Waals surface area contributed by atoms with Crippen LogP contribution >= 0.6 is 0 Å². The largest absolute Gasteiger partial charge is 0.457 e. The average molecular weight is 394 g/mol. The van der Waals surface area contributed by atoms with Crippen molar-refractivity contribution in [2.75, 3.05) is 31.6 Å². The van der Waals surface area contributed by atoms with Gasteiger partial charge in [0.2, 0.25) is 5.91 Å². The van der Waals surface area contributed by atoms with E-state index in [1.54, 1.807) is 30.2 Å². The normalized spacial score (nSPS) is 17.1. The van der Waals surface area contributed by atoms with Gasteiger partial charge in [0.05, 0.1) is 0 Å².